The van der Waals surface area contributed by atoms with Crippen molar-refractivity contribution in [2.75, 3.05) is 46.5 Å². The number of benzene rings is 1. The normalized spacial score (nSPS) is 20.9. The molecule has 0 bridgehead atoms. The molecule has 0 saturated carbocycles. The first kappa shape index (κ1) is 22.9. The molecule has 33 heavy (non-hydrogen) atoms. The summed E-state index contributed by atoms with van der Waals surface area (Å²) >= 11 is 0. The Hall–Kier alpha value is -3.23. The van der Waals surface area contributed by atoms with Gasteiger partial charge in [0.2, 0.25) is 0 Å². The van der Waals surface area contributed by atoms with E-state index < -0.39 is 17.7 Å². The number of ketones is 1. The maximum Gasteiger partial charge on any atom is 0.295 e. The lowest BCUT2D eigenvalue weighted by Crippen LogP contribution is -2.39. The van der Waals surface area contributed by atoms with Crippen molar-refractivity contribution in [1.82, 2.24) is 14.8 Å². The zero-order chi connectivity index (χ0) is 23.4. The van der Waals surface area contributed by atoms with Crippen molar-refractivity contribution in [2.45, 2.75) is 19.4 Å². The van der Waals surface area contributed by atoms with E-state index in [1.54, 1.807) is 48.7 Å². The van der Waals surface area contributed by atoms with Crippen molar-refractivity contribution in [2.24, 2.45) is 0 Å². The van der Waals surface area contributed by atoms with Crippen molar-refractivity contribution >= 4 is 17.4 Å². The van der Waals surface area contributed by atoms with Gasteiger partial charge in [-0.15, -0.1) is 0 Å². The summed E-state index contributed by atoms with van der Waals surface area (Å²) in [4.78, 5) is 34.2. The second-order valence-corrected chi connectivity index (χ2v) is 8.27. The Bertz CT molecular complexity index is 1050. The number of aliphatic hydroxyl groups excluding tert-OH is 1. The largest absolute Gasteiger partial charge is 0.507 e. The molecule has 1 N–H and O–H groups in total. The lowest BCUT2D eigenvalue weighted by Gasteiger charge is -2.29. The summed E-state index contributed by atoms with van der Waals surface area (Å²) < 4.78 is 10.6. The smallest absolute Gasteiger partial charge is 0.295 e. The fourth-order valence-electron chi connectivity index (χ4n) is 4.46. The summed E-state index contributed by atoms with van der Waals surface area (Å²) in [5.74, 6) is -0.809. The molecule has 0 spiro atoms. The first-order valence-electron chi connectivity index (χ1n) is 11.1. The van der Waals surface area contributed by atoms with Crippen LogP contribution in [0.15, 0.2) is 48.3 Å². The molecule has 2 fully saturated rings. The number of pyridine rings is 1. The number of aryl methyl sites for hydroxylation is 1. The Kier molecular flexibility index (Phi) is 7.05. The lowest BCUT2D eigenvalue weighted by molar-refractivity contribution is -0.140. The predicted molar refractivity (Wildman–Crippen MR) is 123 cm³/mol. The van der Waals surface area contributed by atoms with Crippen LogP contribution in [0.25, 0.3) is 5.76 Å². The molecular weight excluding hydrogens is 422 g/mol. The zero-order valence-corrected chi connectivity index (χ0v) is 19.0. The van der Waals surface area contributed by atoms with E-state index >= 15 is 0 Å². The third kappa shape index (κ3) is 4.77. The molecule has 2 saturated heterocycles. The number of ether oxygens (including phenoxy) is 2. The third-order valence-corrected chi connectivity index (χ3v) is 6.21. The van der Waals surface area contributed by atoms with E-state index in [4.69, 9.17) is 9.47 Å². The minimum atomic E-state index is -0.690. The summed E-state index contributed by atoms with van der Waals surface area (Å²) in [6.45, 7) is 6.19. The number of carbonyl (C=O) groups is 2. The van der Waals surface area contributed by atoms with Gasteiger partial charge in [0.1, 0.15) is 11.5 Å². The first-order valence-corrected chi connectivity index (χ1v) is 11.1. The molecule has 8 heteroatoms. The standard InChI is InChI=1S/C25H29N3O5/c1-17-15-19(32-2)6-7-20(17)23(29)21-22(18-5-3-8-26-16-18)28(25(31)24(21)30)10-4-9-27-11-13-33-14-12-27/h3,5-8,15-16,22,29H,4,9-14H2,1-2H3/t22-/m1/s1. The average Bonchev–Trinajstić information content (AvgIpc) is 3.10. The minimum Gasteiger partial charge on any atom is -0.507 e. The second-order valence-electron chi connectivity index (χ2n) is 8.27. The molecule has 2 aliphatic heterocycles. The summed E-state index contributed by atoms with van der Waals surface area (Å²) in [6.07, 6.45) is 3.99. The molecule has 1 aromatic carbocycles. The highest BCUT2D eigenvalue weighted by Gasteiger charge is 2.46. The monoisotopic (exact) mass is 451 g/mol. The number of aromatic nitrogens is 1. The number of likely N-dealkylation sites (tertiary alicyclic amines) is 1. The first-order chi connectivity index (χ1) is 16.0. The topological polar surface area (TPSA) is 92.2 Å². The van der Waals surface area contributed by atoms with E-state index in [1.165, 1.54) is 0 Å². The zero-order valence-electron chi connectivity index (χ0n) is 19.0. The number of amides is 1. The number of methoxy groups -OCH3 is 1. The van der Waals surface area contributed by atoms with Gasteiger partial charge in [-0.2, -0.15) is 0 Å². The number of aliphatic hydroxyl groups is 1. The lowest BCUT2D eigenvalue weighted by atomic mass is 9.94. The van der Waals surface area contributed by atoms with Crippen LogP contribution in [-0.4, -0.2) is 78.1 Å². The number of hydrogen-bond donors (Lipinski definition) is 1. The van der Waals surface area contributed by atoms with Crippen LogP contribution >= 0.6 is 0 Å². The number of Topliss-reactive ketones (excluding diaryl/α,β-unsaturated/α-hetero) is 1. The number of hydrogen-bond acceptors (Lipinski definition) is 7. The van der Waals surface area contributed by atoms with Gasteiger partial charge >= 0.3 is 0 Å². The van der Waals surface area contributed by atoms with Gasteiger partial charge < -0.3 is 19.5 Å². The Balaban J connectivity index is 1.67. The van der Waals surface area contributed by atoms with E-state index in [-0.39, 0.29) is 11.3 Å². The molecule has 2 aromatic rings. The molecule has 1 atom stereocenters. The number of carbonyl (C=O) groups excluding carboxylic acids is 2. The summed E-state index contributed by atoms with van der Waals surface area (Å²) in [7, 11) is 1.57. The molecule has 3 heterocycles. The van der Waals surface area contributed by atoms with Gasteiger partial charge in [-0.3, -0.25) is 19.5 Å². The van der Waals surface area contributed by atoms with E-state index in [2.05, 4.69) is 9.88 Å². The van der Waals surface area contributed by atoms with Crippen LogP contribution in [0.5, 0.6) is 5.75 Å². The SMILES string of the molecule is COc1ccc(C(O)=C2C(=O)C(=O)N(CCCN3CCOCC3)[C@@H]2c2cccnc2)c(C)c1. The van der Waals surface area contributed by atoms with Gasteiger partial charge in [0.15, 0.2) is 0 Å². The van der Waals surface area contributed by atoms with Crippen LogP contribution in [-0.2, 0) is 14.3 Å². The average molecular weight is 452 g/mol. The quantitative estimate of drug-likeness (QED) is 0.393. The molecule has 174 valence electrons. The molecule has 0 radical (unpaired) electrons. The maximum absolute atomic E-state index is 13.1. The van der Waals surface area contributed by atoms with Gasteiger partial charge in [0, 0.05) is 44.1 Å². The second kappa shape index (κ2) is 10.1. The molecule has 0 aliphatic carbocycles. The molecule has 0 unspecified atom stereocenters. The molecular formula is C25H29N3O5. The predicted octanol–water partition coefficient (Wildman–Crippen LogP) is 2.54. The van der Waals surface area contributed by atoms with Gasteiger partial charge in [0.05, 0.1) is 31.9 Å². The highest BCUT2D eigenvalue weighted by atomic mass is 16.5. The maximum atomic E-state index is 13.1. The van der Waals surface area contributed by atoms with Crippen molar-refractivity contribution in [3.05, 3.63) is 65.0 Å². The van der Waals surface area contributed by atoms with Crippen LogP contribution in [0.2, 0.25) is 0 Å². The van der Waals surface area contributed by atoms with Crippen LogP contribution in [0.4, 0.5) is 0 Å². The summed E-state index contributed by atoms with van der Waals surface area (Å²) in [6, 6.07) is 8.11. The van der Waals surface area contributed by atoms with Gasteiger partial charge in [0.25, 0.3) is 11.7 Å². The number of morpholine rings is 1. The van der Waals surface area contributed by atoms with Crippen LogP contribution < -0.4 is 4.74 Å². The van der Waals surface area contributed by atoms with Crippen molar-refractivity contribution in [1.29, 1.82) is 0 Å². The van der Waals surface area contributed by atoms with E-state index in [9.17, 15) is 14.7 Å². The van der Waals surface area contributed by atoms with E-state index in [0.717, 1.165) is 25.2 Å². The van der Waals surface area contributed by atoms with Crippen LogP contribution in [0.1, 0.15) is 29.2 Å². The number of rotatable bonds is 7. The highest BCUT2D eigenvalue weighted by molar-refractivity contribution is 6.46. The van der Waals surface area contributed by atoms with Crippen LogP contribution in [0.3, 0.4) is 0 Å². The Labute approximate surface area is 193 Å². The molecule has 4 rings (SSSR count). The molecule has 2 aliphatic rings. The van der Waals surface area contributed by atoms with Crippen molar-refractivity contribution < 1.29 is 24.2 Å². The Morgan fingerprint density at radius 2 is 2.00 bits per heavy atom. The minimum absolute atomic E-state index is 0.0904. The third-order valence-electron chi connectivity index (χ3n) is 6.21. The Morgan fingerprint density at radius 1 is 1.21 bits per heavy atom. The fraction of sp³-hybridized carbons (Fsp3) is 0.400. The van der Waals surface area contributed by atoms with Gasteiger partial charge in [-0.1, -0.05) is 6.07 Å². The highest BCUT2D eigenvalue weighted by Crippen LogP contribution is 2.40. The van der Waals surface area contributed by atoms with Gasteiger partial charge in [-0.25, -0.2) is 0 Å². The molecule has 1 aromatic heterocycles. The molecule has 8 nitrogen and oxygen atoms in total. The Morgan fingerprint density at radius 3 is 2.67 bits per heavy atom. The molecule has 1 amide bonds. The van der Waals surface area contributed by atoms with E-state index in [0.29, 0.717) is 43.1 Å². The van der Waals surface area contributed by atoms with Crippen molar-refractivity contribution in [3.8, 4) is 5.75 Å². The fourth-order valence-corrected chi connectivity index (χ4v) is 4.46. The summed E-state index contributed by atoms with van der Waals surface area (Å²) in [5.41, 5.74) is 2.02. The van der Waals surface area contributed by atoms with Crippen LogP contribution in [0, 0.1) is 6.92 Å². The summed E-state index contributed by atoms with van der Waals surface area (Å²) in [5, 5.41) is 11.2. The number of nitrogens with zero attached hydrogens (tertiary/aromatic N) is 3. The van der Waals surface area contributed by atoms with Crippen molar-refractivity contribution in [3.63, 3.8) is 0 Å². The van der Waals surface area contributed by atoms with E-state index in [1.807, 2.05) is 13.0 Å². The van der Waals surface area contributed by atoms with Gasteiger partial charge in [-0.05, 0) is 48.7 Å².